The normalized spacial score (nSPS) is 12.9. The van der Waals surface area contributed by atoms with E-state index < -0.39 is 12.1 Å². The van der Waals surface area contributed by atoms with Crippen LogP contribution in [0.4, 0.5) is 13.2 Å². The maximum Gasteiger partial charge on any atom is 0.490 e. The van der Waals surface area contributed by atoms with E-state index in [4.69, 9.17) is 15.0 Å². The smallest absolute Gasteiger partial charge is 0.475 e. The van der Waals surface area contributed by atoms with Crippen LogP contribution < -0.4 is 0 Å². The highest BCUT2D eigenvalue weighted by Gasteiger charge is 2.38. The van der Waals surface area contributed by atoms with Crippen LogP contribution in [0.5, 0.6) is 0 Å². The largest absolute Gasteiger partial charge is 0.490 e. The molecule has 5 rings (SSSR count). The van der Waals surface area contributed by atoms with Crippen molar-refractivity contribution in [3.8, 4) is 11.3 Å². The van der Waals surface area contributed by atoms with Crippen molar-refractivity contribution in [1.82, 2.24) is 34.0 Å². The highest BCUT2D eigenvalue weighted by atomic mass is 19.4. The van der Waals surface area contributed by atoms with E-state index in [1.54, 1.807) is 23.1 Å². The lowest BCUT2D eigenvalue weighted by Gasteiger charge is -2.22. The van der Waals surface area contributed by atoms with E-state index >= 15 is 0 Å². The Balaban J connectivity index is 0.000000426. The molecule has 1 aliphatic heterocycles. The van der Waals surface area contributed by atoms with Gasteiger partial charge >= 0.3 is 12.1 Å². The molecular weight excluding hydrogens is 503 g/mol. The van der Waals surface area contributed by atoms with Crippen molar-refractivity contribution in [1.29, 1.82) is 0 Å². The summed E-state index contributed by atoms with van der Waals surface area (Å²) >= 11 is 0. The van der Waals surface area contributed by atoms with Gasteiger partial charge in [0.05, 0.1) is 31.0 Å². The number of carbonyl (C=O) groups is 2. The maximum atomic E-state index is 13.3. The Hall–Kier alpha value is -4.42. The Morgan fingerprint density at radius 1 is 1.08 bits per heavy atom. The zero-order valence-corrected chi connectivity index (χ0v) is 20.9. The standard InChI is InChI=1S/C23H25N7O.C2HF3O2/c1-16(2)30-11-7-19-21(30)15-28(23(31)20-8-10-27(3)25-20)12-17-13-29(26-22(17)19)14-18-6-4-5-9-24-18;3-2(4,5)1(6)7/h4-11,13,16H,12,14-15H2,1-3H3;(H,6,7). The van der Waals surface area contributed by atoms with Crippen molar-refractivity contribution in [3.63, 3.8) is 0 Å². The Morgan fingerprint density at radius 2 is 1.82 bits per heavy atom. The molecule has 0 unspecified atom stereocenters. The van der Waals surface area contributed by atoms with E-state index in [2.05, 4.69) is 40.8 Å². The van der Waals surface area contributed by atoms with Crippen LogP contribution in [0.15, 0.2) is 55.1 Å². The van der Waals surface area contributed by atoms with Crippen LogP contribution in [0.25, 0.3) is 11.3 Å². The van der Waals surface area contributed by atoms with Crippen molar-refractivity contribution in [2.75, 3.05) is 0 Å². The first kappa shape index (κ1) is 26.6. The molecule has 0 fully saturated rings. The highest BCUT2D eigenvalue weighted by molar-refractivity contribution is 5.92. The number of pyridine rings is 1. The lowest BCUT2D eigenvalue weighted by Crippen LogP contribution is -2.30. The van der Waals surface area contributed by atoms with Crippen LogP contribution in [-0.2, 0) is 31.5 Å². The van der Waals surface area contributed by atoms with Gasteiger partial charge in [0.2, 0.25) is 0 Å². The van der Waals surface area contributed by atoms with Gasteiger partial charge in [-0.15, -0.1) is 0 Å². The predicted octanol–water partition coefficient (Wildman–Crippen LogP) is 3.90. The van der Waals surface area contributed by atoms with E-state index in [9.17, 15) is 18.0 Å². The molecule has 5 heterocycles. The average molecular weight is 530 g/mol. The molecule has 13 heteroatoms. The minimum absolute atomic E-state index is 0.0756. The first-order valence-corrected chi connectivity index (χ1v) is 11.7. The van der Waals surface area contributed by atoms with Gasteiger partial charge in [-0.1, -0.05) is 6.07 Å². The molecule has 200 valence electrons. The maximum absolute atomic E-state index is 13.3. The number of aliphatic carboxylic acids is 1. The highest BCUT2D eigenvalue weighted by Crippen LogP contribution is 2.34. The molecular formula is C25H26F3N7O3. The number of carboxylic acid groups (broad SMARTS) is 1. The van der Waals surface area contributed by atoms with Crippen LogP contribution in [0.2, 0.25) is 0 Å². The molecule has 1 aliphatic rings. The topological polar surface area (TPSA) is 111 Å². The Morgan fingerprint density at radius 3 is 2.39 bits per heavy atom. The fraction of sp³-hybridized carbons (Fsp3) is 0.320. The number of fused-ring (bicyclic) bond motifs is 3. The van der Waals surface area contributed by atoms with Crippen LogP contribution in [0.1, 0.15) is 47.3 Å². The number of rotatable bonds is 4. The summed E-state index contributed by atoms with van der Waals surface area (Å²) in [6.45, 7) is 5.89. The molecule has 10 nitrogen and oxygen atoms in total. The monoisotopic (exact) mass is 529 g/mol. The second-order valence-electron chi connectivity index (χ2n) is 9.04. The molecule has 1 N–H and O–H groups in total. The molecule has 0 bridgehead atoms. The molecule has 0 saturated carbocycles. The molecule has 4 aromatic heterocycles. The van der Waals surface area contributed by atoms with Crippen LogP contribution in [0.3, 0.4) is 0 Å². The van der Waals surface area contributed by atoms with Crippen molar-refractivity contribution >= 4 is 11.9 Å². The summed E-state index contributed by atoms with van der Waals surface area (Å²) in [4.78, 5) is 28.5. The third-order valence-corrected chi connectivity index (χ3v) is 5.89. The van der Waals surface area contributed by atoms with E-state index in [0.29, 0.717) is 25.3 Å². The van der Waals surface area contributed by atoms with E-state index in [-0.39, 0.29) is 11.9 Å². The second kappa shape index (κ2) is 10.5. The van der Waals surface area contributed by atoms with Crippen molar-refractivity contribution < 1.29 is 27.9 Å². The minimum Gasteiger partial charge on any atom is -0.475 e. The van der Waals surface area contributed by atoms with Crippen LogP contribution in [0, 0.1) is 0 Å². The summed E-state index contributed by atoms with van der Waals surface area (Å²) < 4.78 is 37.5. The lowest BCUT2D eigenvalue weighted by molar-refractivity contribution is -0.192. The molecule has 1 amide bonds. The number of amides is 1. The van der Waals surface area contributed by atoms with E-state index in [1.165, 1.54) is 0 Å². The summed E-state index contributed by atoms with van der Waals surface area (Å²) in [5.74, 6) is -2.83. The van der Waals surface area contributed by atoms with Gasteiger partial charge in [-0.3, -0.25) is 19.1 Å². The molecule has 0 radical (unpaired) electrons. The third kappa shape index (κ3) is 5.76. The summed E-state index contributed by atoms with van der Waals surface area (Å²) in [6, 6.07) is 10.0. The van der Waals surface area contributed by atoms with Crippen molar-refractivity contribution in [3.05, 3.63) is 77.8 Å². The number of nitrogens with zero attached hydrogens (tertiary/aromatic N) is 7. The number of aryl methyl sites for hydroxylation is 1. The van der Waals surface area contributed by atoms with Gasteiger partial charge in [-0.25, -0.2) is 4.79 Å². The van der Waals surface area contributed by atoms with Gasteiger partial charge in [0.15, 0.2) is 0 Å². The van der Waals surface area contributed by atoms with E-state index in [0.717, 1.165) is 28.2 Å². The van der Waals surface area contributed by atoms with Gasteiger partial charge in [-0.2, -0.15) is 23.4 Å². The zero-order chi connectivity index (χ0) is 27.6. The lowest BCUT2D eigenvalue weighted by atomic mass is 10.1. The minimum atomic E-state index is -5.08. The van der Waals surface area contributed by atoms with E-state index in [1.807, 2.05) is 41.0 Å². The summed E-state index contributed by atoms with van der Waals surface area (Å²) in [6.07, 6.45) is 2.62. The second-order valence-corrected chi connectivity index (χ2v) is 9.04. The molecule has 0 saturated heterocycles. The fourth-order valence-electron chi connectivity index (χ4n) is 4.17. The molecule has 0 spiro atoms. The average Bonchev–Trinajstić information content (AvgIpc) is 3.55. The SMILES string of the molecule is CC(C)n1ccc2c1CN(C(=O)c1ccn(C)n1)Cc1cn(Cc3ccccn3)nc1-2.O=C(O)C(F)(F)F. The quantitative estimate of drug-likeness (QED) is 0.429. The number of carbonyl (C=O) groups excluding carboxylic acids is 1. The molecule has 38 heavy (non-hydrogen) atoms. The molecule has 0 aromatic carbocycles. The fourth-order valence-corrected chi connectivity index (χ4v) is 4.17. The van der Waals surface area contributed by atoms with Crippen LogP contribution in [-0.4, -0.2) is 57.2 Å². The summed E-state index contributed by atoms with van der Waals surface area (Å²) in [5.41, 5.74) is 5.54. The third-order valence-electron chi connectivity index (χ3n) is 5.89. The van der Waals surface area contributed by atoms with Crippen molar-refractivity contribution in [2.24, 2.45) is 7.05 Å². The number of hydrogen-bond donors (Lipinski definition) is 1. The van der Waals surface area contributed by atoms with Gasteiger partial charge in [0, 0.05) is 54.7 Å². The number of halogens is 3. The first-order chi connectivity index (χ1) is 17.9. The molecule has 0 aliphatic carbocycles. The van der Waals surface area contributed by atoms with Gasteiger partial charge in [-0.05, 0) is 38.1 Å². The van der Waals surface area contributed by atoms with Crippen LogP contribution >= 0.6 is 0 Å². The number of aromatic nitrogens is 6. The van der Waals surface area contributed by atoms with Crippen molar-refractivity contribution in [2.45, 2.75) is 45.7 Å². The first-order valence-electron chi connectivity index (χ1n) is 11.7. The Bertz CT molecular complexity index is 1440. The molecule has 0 atom stereocenters. The van der Waals surface area contributed by atoms with Gasteiger partial charge < -0.3 is 14.6 Å². The number of alkyl halides is 3. The summed E-state index contributed by atoms with van der Waals surface area (Å²) in [5, 5.41) is 16.3. The van der Waals surface area contributed by atoms with Gasteiger partial charge in [0.1, 0.15) is 5.69 Å². The zero-order valence-electron chi connectivity index (χ0n) is 20.9. The predicted molar refractivity (Wildman–Crippen MR) is 130 cm³/mol. The number of hydrogen-bond acceptors (Lipinski definition) is 5. The van der Waals surface area contributed by atoms with Gasteiger partial charge in [0.25, 0.3) is 5.91 Å². The summed E-state index contributed by atoms with van der Waals surface area (Å²) in [7, 11) is 1.82. The Labute approximate surface area is 215 Å². The number of carboxylic acids is 1. The Kier molecular flexibility index (Phi) is 7.37. The molecule has 4 aromatic rings.